The quantitative estimate of drug-likeness (QED) is 0.592. The van der Waals surface area contributed by atoms with Gasteiger partial charge >= 0.3 is 0 Å². The van der Waals surface area contributed by atoms with E-state index in [9.17, 15) is 0 Å². The molecule has 1 heterocycles. The van der Waals surface area contributed by atoms with Gasteiger partial charge in [0, 0.05) is 18.8 Å². The Balaban J connectivity index is 2.32. The molecule has 0 aromatic heterocycles. The molecule has 0 bridgehead atoms. The Bertz CT molecular complexity index is 153. The third-order valence-electron chi connectivity index (χ3n) is 2.21. The second-order valence-electron chi connectivity index (χ2n) is 3.23. The van der Waals surface area contributed by atoms with Crippen LogP contribution in [0.4, 0.5) is 0 Å². The van der Waals surface area contributed by atoms with E-state index in [2.05, 4.69) is 18.2 Å². The third kappa shape index (κ3) is 2.53. The van der Waals surface area contributed by atoms with Crippen LogP contribution in [-0.4, -0.2) is 25.3 Å². The summed E-state index contributed by atoms with van der Waals surface area (Å²) in [6, 6.07) is 0. The van der Waals surface area contributed by atoms with Gasteiger partial charge in [-0.1, -0.05) is 5.92 Å². The summed E-state index contributed by atoms with van der Waals surface area (Å²) >= 11 is 0. The van der Waals surface area contributed by atoms with Crippen LogP contribution in [0.15, 0.2) is 0 Å². The Hall–Kier alpha value is -0.520. The van der Waals surface area contributed by atoms with Gasteiger partial charge in [0.2, 0.25) is 0 Å². The van der Waals surface area contributed by atoms with Crippen LogP contribution in [0.5, 0.6) is 0 Å². The SMILES string of the molecule is C#CCNC1(C)CCOCC1. The molecule has 0 aromatic carbocycles. The molecule has 0 radical (unpaired) electrons. The van der Waals surface area contributed by atoms with Crippen molar-refractivity contribution < 1.29 is 4.74 Å². The van der Waals surface area contributed by atoms with Crippen LogP contribution in [0.1, 0.15) is 19.8 Å². The van der Waals surface area contributed by atoms with Gasteiger partial charge in [-0.05, 0) is 19.8 Å². The van der Waals surface area contributed by atoms with Crippen molar-refractivity contribution in [2.45, 2.75) is 25.3 Å². The summed E-state index contributed by atoms with van der Waals surface area (Å²) in [5.41, 5.74) is 0.213. The number of hydrogen-bond acceptors (Lipinski definition) is 2. The molecule has 1 rings (SSSR count). The van der Waals surface area contributed by atoms with E-state index < -0.39 is 0 Å². The molecule has 2 nitrogen and oxygen atoms in total. The van der Waals surface area contributed by atoms with Gasteiger partial charge in [0.15, 0.2) is 0 Å². The van der Waals surface area contributed by atoms with Crippen molar-refractivity contribution in [2.75, 3.05) is 19.8 Å². The van der Waals surface area contributed by atoms with Gasteiger partial charge in [-0.2, -0.15) is 0 Å². The summed E-state index contributed by atoms with van der Waals surface area (Å²) in [7, 11) is 0. The summed E-state index contributed by atoms with van der Waals surface area (Å²) in [4.78, 5) is 0. The summed E-state index contributed by atoms with van der Waals surface area (Å²) < 4.78 is 5.25. The molecule has 0 spiro atoms. The van der Waals surface area contributed by atoms with Gasteiger partial charge < -0.3 is 10.1 Å². The number of terminal acetylenes is 1. The Morgan fingerprint density at radius 2 is 2.18 bits per heavy atom. The molecule has 62 valence electrons. The van der Waals surface area contributed by atoms with Crippen molar-refractivity contribution in [3.8, 4) is 12.3 Å². The topological polar surface area (TPSA) is 21.3 Å². The normalized spacial score (nSPS) is 22.5. The zero-order valence-electron chi connectivity index (χ0n) is 7.02. The average molecular weight is 153 g/mol. The third-order valence-corrected chi connectivity index (χ3v) is 2.21. The largest absolute Gasteiger partial charge is 0.381 e. The lowest BCUT2D eigenvalue weighted by atomic mass is 9.93. The predicted molar refractivity (Wildman–Crippen MR) is 45.3 cm³/mol. The first-order valence-corrected chi connectivity index (χ1v) is 4.03. The van der Waals surface area contributed by atoms with Crippen LogP contribution in [0, 0.1) is 12.3 Å². The van der Waals surface area contributed by atoms with Gasteiger partial charge in [0.05, 0.1) is 6.54 Å². The predicted octanol–water partition coefficient (Wildman–Crippen LogP) is 0.778. The van der Waals surface area contributed by atoms with E-state index in [1.165, 1.54) is 0 Å². The smallest absolute Gasteiger partial charge is 0.0578 e. The van der Waals surface area contributed by atoms with Crippen LogP contribution in [0.2, 0.25) is 0 Å². The first-order chi connectivity index (χ1) is 5.27. The van der Waals surface area contributed by atoms with Crippen molar-refractivity contribution >= 4 is 0 Å². The van der Waals surface area contributed by atoms with Gasteiger partial charge in [-0.25, -0.2) is 0 Å². The Labute approximate surface area is 68.3 Å². The lowest BCUT2D eigenvalue weighted by molar-refractivity contribution is 0.0469. The van der Waals surface area contributed by atoms with E-state index in [1.54, 1.807) is 0 Å². The van der Waals surface area contributed by atoms with Crippen LogP contribution < -0.4 is 5.32 Å². The molecule has 1 fully saturated rings. The molecule has 0 amide bonds. The zero-order chi connectivity index (χ0) is 8.16. The molecular weight excluding hydrogens is 138 g/mol. The van der Waals surface area contributed by atoms with Crippen molar-refractivity contribution in [2.24, 2.45) is 0 Å². The molecule has 0 aliphatic carbocycles. The molecule has 1 aliphatic heterocycles. The standard InChI is InChI=1S/C9H15NO/c1-3-6-10-9(2)4-7-11-8-5-9/h1,10H,4-8H2,2H3. The van der Waals surface area contributed by atoms with Gasteiger partial charge in [0.1, 0.15) is 0 Å². The molecule has 1 aliphatic rings. The number of nitrogens with one attached hydrogen (secondary N) is 1. The van der Waals surface area contributed by atoms with E-state index in [0.29, 0.717) is 6.54 Å². The fourth-order valence-corrected chi connectivity index (χ4v) is 1.26. The minimum Gasteiger partial charge on any atom is -0.381 e. The Morgan fingerprint density at radius 3 is 2.73 bits per heavy atom. The minimum atomic E-state index is 0.213. The van der Waals surface area contributed by atoms with Crippen molar-refractivity contribution in [3.05, 3.63) is 0 Å². The summed E-state index contributed by atoms with van der Waals surface area (Å²) in [5, 5.41) is 3.33. The molecule has 1 saturated heterocycles. The van der Waals surface area contributed by atoms with Crippen LogP contribution in [0.3, 0.4) is 0 Å². The van der Waals surface area contributed by atoms with E-state index >= 15 is 0 Å². The molecule has 0 unspecified atom stereocenters. The van der Waals surface area contributed by atoms with Crippen LogP contribution >= 0.6 is 0 Å². The molecule has 2 heteroatoms. The fraction of sp³-hybridized carbons (Fsp3) is 0.778. The molecule has 11 heavy (non-hydrogen) atoms. The maximum absolute atomic E-state index is 5.25. The number of hydrogen-bond donors (Lipinski definition) is 1. The first kappa shape index (κ1) is 8.58. The molecular formula is C9H15NO. The van der Waals surface area contributed by atoms with Gasteiger partial charge in [-0.15, -0.1) is 6.42 Å². The van der Waals surface area contributed by atoms with Gasteiger partial charge in [-0.3, -0.25) is 0 Å². The lowest BCUT2D eigenvalue weighted by Gasteiger charge is -2.33. The van der Waals surface area contributed by atoms with E-state index in [0.717, 1.165) is 26.1 Å². The maximum atomic E-state index is 5.25. The van der Waals surface area contributed by atoms with Crippen molar-refractivity contribution in [1.82, 2.24) is 5.32 Å². The number of ether oxygens (including phenoxy) is 1. The Morgan fingerprint density at radius 1 is 1.55 bits per heavy atom. The Kier molecular flexibility index (Phi) is 2.92. The van der Waals surface area contributed by atoms with Crippen molar-refractivity contribution in [1.29, 1.82) is 0 Å². The molecule has 0 atom stereocenters. The zero-order valence-corrected chi connectivity index (χ0v) is 7.02. The van der Waals surface area contributed by atoms with Crippen molar-refractivity contribution in [3.63, 3.8) is 0 Å². The van der Waals surface area contributed by atoms with Gasteiger partial charge in [0.25, 0.3) is 0 Å². The molecule has 0 saturated carbocycles. The second-order valence-corrected chi connectivity index (χ2v) is 3.23. The summed E-state index contributed by atoms with van der Waals surface area (Å²) in [6.45, 7) is 4.57. The first-order valence-electron chi connectivity index (χ1n) is 4.03. The molecule has 0 aromatic rings. The summed E-state index contributed by atoms with van der Waals surface area (Å²) in [6.07, 6.45) is 7.29. The highest BCUT2D eigenvalue weighted by molar-refractivity contribution is 4.93. The number of rotatable bonds is 2. The second kappa shape index (κ2) is 3.75. The van der Waals surface area contributed by atoms with Crippen LogP contribution in [0.25, 0.3) is 0 Å². The van der Waals surface area contributed by atoms with E-state index in [-0.39, 0.29) is 5.54 Å². The maximum Gasteiger partial charge on any atom is 0.0578 e. The minimum absolute atomic E-state index is 0.213. The highest BCUT2D eigenvalue weighted by Crippen LogP contribution is 2.18. The summed E-state index contributed by atoms with van der Waals surface area (Å²) in [5.74, 6) is 2.59. The van der Waals surface area contributed by atoms with Crippen LogP contribution in [-0.2, 0) is 4.74 Å². The fourth-order valence-electron chi connectivity index (χ4n) is 1.26. The molecule has 1 N–H and O–H groups in total. The monoisotopic (exact) mass is 153 g/mol. The highest BCUT2D eigenvalue weighted by atomic mass is 16.5. The lowest BCUT2D eigenvalue weighted by Crippen LogP contribution is -2.46. The average Bonchev–Trinajstić information content (AvgIpc) is 2.03. The van der Waals surface area contributed by atoms with E-state index in [4.69, 9.17) is 11.2 Å². The van der Waals surface area contributed by atoms with E-state index in [1.807, 2.05) is 0 Å². The highest BCUT2D eigenvalue weighted by Gasteiger charge is 2.25.